The van der Waals surface area contributed by atoms with Crippen LogP contribution in [0.2, 0.25) is 0 Å². The van der Waals surface area contributed by atoms with Crippen molar-refractivity contribution in [1.29, 1.82) is 0 Å². The quantitative estimate of drug-likeness (QED) is 0.197. The van der Waals surface area contributed by atoms with Crippen LogP contribution in [0.4, 0.5) is 0 Å². The maximum absolute atomic E-state index is 2.50. The van der Waals surface area contributed by atoms with Crippen LogP contribution in [0.1, 0.15) is 85.7 Å². The Hall–Kier alpha value is -1.60. The van der Waals surface area contributed by atoms with Gasteiger partial charge in [-0.1, -0.05) is 24.3 Å². The second-order valence-electron chi connectivity index (χ2n) is 11.8. The van der Waals surface area contributed by atoms with Crippen LogP contribution in [0, 0.1) is 0 Å². The Morgan fingerprint density at radius 3 is 1.43 bits per heavy atom. The van der Waals surface area contributed by atoms with Crippen molar-refractivity contribution in [3.05, 3.63) is 95.6 Å². The van der Waals surface area contributed by atoms with E-state index in [1.807, 2.05) is 0 Å². The van der Waals surface area contributed by atoms with E-state index >= 15 is 0 Å². The summed E-state index contributed by atoms with van der Waals surface area (Å²) in [5.41, 5.74) is 5.91. The van der Waals surface area contributed by atoms with Gasteiger partial charge in [-0.15, -0.1) is 0 Å². The lowest BCUT2D eigenvalue weighted by Crippen LogP contribution is -3.00. The van der Waals surface area contributed by atoms with Gasteiger partial charge in [0, 0.05) is 48.2 Å². The maximum Gasteiger partial charge on any atom is 0.173 e. The van der Waals surface area contributed by atoms with Gasteiger partial charge in [0.05, 0.1) is 0 Å². The summed E-state index contributed by atoms with van der Waals surface area (Å²) in [6.07, 6.45) is 21.7. The summed E-state index contributed by atoms with van der Waals surface area (Å²) in [6, 6.07) is 19.7. The lowest BCUT2D eigenvalue weighted by Gasteiger charge is -2.18. The summed E-state index contributed by atoms with van der Waals surface area (Å²) in [5, 5.41) is 0. The topological polar surface area (TPSA) is 14.2 Å². The first-order valence-corrected chi connectivity index (χ1v) is 15.1. The first kappa shape index (κ1) is 32.9. The molecule has 2 fully saturated rings. The molecule has 2 atom stereocenters. The summed E-state index contributed by atoms with van der Waals surface area (Å²) in [7, 11) is 4.52. The van der Waals surface area contributed by atoms with E-state index in [-0.39, 0.29) is 34.0 Å². The number of rotatable bonds is 12. The first-order valence-electron chi connectivity index (χ1n) is 15.1. The number of aryl methyl sites for hydroxylation is 4. The third-order valence-electron chi connectivity index (χ3n) is 8.86. The minimum atomic E-state index is 0. The molecule has 0 unspecified atom stereocenters. The molecule has 6 heteroatoms. The van der Waals surface area contributed by atoms with Crippen molar-refractivity contribution in [2.24, 2.45) is 0 Å². The summed E-state index contributed by atoms with van der Waals surface area (Å²) >= 11 is 0. The predicted octanol–water partition coefficient (Wildman–Crippen LogP) is -0.151. The summed E-state index contributed by atoms with van der Waals surface area (Å²) in [5.74, 6) is 0. The number of nitrogens with zero attached hydrogens (tertiary/aromatic N) is 4. The summed E-state index contributed by atoms with van der Waals surface area (Å²) in [6.45, 7) is 4.68. The minimum Gasteiger partial charge on any atom is -1.00 e. The third kappa shape index (κ3) is 9.20. The molecule has 5 rings (SSSR count). The molecule has 0 N–H and O–H groups in total. The van der Waals surface area contributed by atoms with Crippen molar-refractivity contribution >= 4 is 0 Å². The number of hydrogen-bond acceptors (Lipinski definition) is 2. The highest BCUT2D eigenvalue weighted by Crippen LogP contribution is 2.30. The van der Waals surface area contributed by atoms with Crippen LogP contribution >= 0.6 is 0 Å². The van der Waals surface area contributed by atoms with E-state index in [9.17, 15) is 0 Å². The monoisotopic (exact) mass is 670 g/mol. The van der Waals surface area contributed by atoms with Crippen LogP contribution in [-0.4, -0.2) is 37.0 Å². The van der Waals surface area contributed by atoms with Gasteiger partial charge >= 0.3 is 0 Å². The number of aromatic nitrogens is 2. The molecular weight excluding hydrogens is 624 g/mol. The zero-order valence-electron chi connectivity index (χ0n) is 24.5. The highest BCUT2D eigenvalue weighted by atomic mass is 79.9. The highest BCUT2D eigenvalue weighted by molar-refractivity contribution is 5.22. The van der Waals surface area contributed by atoms with Gasteiger partial charge in [0.25, 0.3) is 0 Å². The Morgan fingerprint density at radius 1 is 0.625 bits per heavy atom. The van der Waals surface area contributed by atoms with Crippen molar-refractivity contribution in [1.82, 2.24) is 9.80 Å². The Kier molecular flexibility index (Phi) is 13.8. The number of unbranched alkanes of at least 4 members (excludes halogenated alkanes) is 2. The number of pyridine rings is 2. The van der Waals surface area contributed by atoms with Gasteiger partial charge in [-0.2, -0.15) is 0 Å². The fourth-order valence-corrected chi connectivity index (χ4v) is 6.54. The third-order valence-corrected chi connectivity index (χ3v) is 8.86. The number of halogens is 2. The molecule has 2 aliphatic rings. The molecule has 3 aromatic rings. The van der Waals surface area contributed by atoms with Gasteiger partial charge < -0.3 is 34.0 Å². The molecule has 0 spiro atoms. The zero-order chi connectivity index (χ0) is 26.2. The molecule has 1 aromatic carbocycles. The maximum atomic E-state index is 2.50. The normalized spacial score (nSPS) is 19.4. The fraction of sp³-hybridized carbons (Fsp3) is 0.529. The lowest BCUT2D eigenvalue weighted by atomic mass is 10.0. The smallest absolute Gasteiger partial charge is 0.173 e. The van der Waals surface area contributed by atoms with Crippen LogP contribution in [0.5, 0.6) is 0 Å². The van der Waals surface area contributed by atoms with Gasteiger partial charge in [0.2, 0.25) is 0 Å². The predicted molar refractivity (Wildman–Crippen MR) is 155 cm³/mol. The van der Waals surface area contributed by atoms with Gasteiger partial charge in [0.15, 0.2) is 24.8 Å². The molecule has 4 heterocycles. The minimum absolute atomic E-state index is 0. The van der Waals surface area contributed by atoms with E-state index in [0.29, 0.717) is 12.1 Å². The number of benzene rings is 1. The average Bonchev–Trinajstić information content (AvgIpc) is 3.58. The average molecular weight is 673 g/mol. The Balaban J connectivity index is 0.00000220. The van der Waals surface area contributed by atoms with Crippen LogP contribution in [-0.2, 0) is 25.9 Å². The second kappa shape index (κ2) is 16.7. The molecule has 0 saturated carbocycles. The van der Waals surface area contributed by atoms with Crippen molar-refractivity contribution in [2.45, 2.75) is 89.4 Å². The van der Waals surface area contributed by atoms with E-state index < -0.39 is 0 Å². The standard InChI is InChI=1S/C34H48N4.2BrH/c1-35-21-9-15-33(35)31-13-7-25-37(27-31)23-5-3-11-29-17-19-30(20-18-29)12-4-6-24-38-26-8-14-32(28-38)34-16-10-22-36(34)2;;/h7-8,13-14,17-20,25-28,33-34H,3-6,9-12,15-16,21-24H2,1-2H3;2*1H/q+2;;/p-2/t33-,34-;;/m0../s1. The highest BCUT2D eigenvalue weighted by Gasteiger charge is 2.25. The zero-order valence-corrected chi connectivity index (χ0v) is 27.7. The number of likely N-dealkylation sites (tertiary alicyclic amines) is 2. The van der Waals surface area contributed by atoms with Crippen LogP contribution in [0.3, 0.4) is 0 Å². The van der Waals surface area contributed by atoms with E-state index in [2.05, 4.69) is 106 Å². The SMILES string of the molecule is CN1CCC[C@H]1c1ccc[n+](CCCCc2ccc(CCCC[n+]3cccc([C@@H]4CCCN4C)c3)cc2)c1.[Br-].[Br-]. The second-order valence-corrected chi connectivity index (χ2v) is 11.8. The van der Waals surface area contributed by atoms with Crippen molar-refractivity contribution in [2.75, 3.05) is 27.2 Å². The van der Waals surface area contributed by atoms with E-state index in [1.54, 1.807) is 0 Å². The van der Waals surface area contributed by atoms with Gasteiger partial charge in [0.1, 0.15) is 13.1 Å². The van der Waals surface area contributed by atoms with Crippen LogP contribution in [0.15, 0.2) is 73.3 Å². The van der Waals surface area contributed by atoms with Gasteiger partial charge in [-0.3, -0.25) is 9.80 Å². The molecule has 2 aromatic heterocycles. The summed E-state index contributed by atoms with van der Waals surface area (Å²) in [4.78, 5) is 4.99. The lowest BCUT2D eigenvalue weighted by molar-refractivity contribution is -0.698. The molecular formula is C34H48Br2N4. The molecule has 0 radical (unpaired) electrons. The van der Waals surface area contributed by atoms with Gasteiger partial charge in [-0.05, 0) is 102 Å². The molecule has 0 bridgehead atoms. The molecule has 0 amide bonds. The van der Waals surface area contributed by atoms with E-state index in [1.165, 1.54) is 99.6 Å². The van der Waals surface area contributed by atoms with Crippen LogP contribution < -0.4 is 43.1 Å². The Morgan fingerprint density at radius 2 is 1.05 bits per heavy atom. The van der Waals surface area contributed by atoms with Crippen molar-refractivity contribution in [3.8, 4) is 0 Å². The Bertz CT molecular complexity index is 1060. The fourth-order valence-electron chi connectivity index (χ4n) is 6.54. The van der Waals surface area contributed by atoms with Gasteiger partial charge in [-0.25, -0.2) is 9.13 Å². The molecule has 218 valence electrons. The first-order chi connectivity index (χ1) is 18.7. The summed E-state index contributed by atoms with van der Waals surface area (Å²) < 4.78 is 4.79. The molecule has 2 saturated heterocycles. The molecule has 0 aliphatic carbocycles. The van der Waals surface area contributed by atoms with E-state index in [0.717, 1.165) is 13.1 Å². The van der Waals surface area contributed by atoms with Crippen LogP contribution in [0.25, 0.3) is 0 Å². The van der Waals surface area contributed by atoms with Crippen molar-refractivity contribution in [3.63, 3.8) is 0 Å². The van der Waals surface area contributed by atoms with E-state index in [4.69, 9.17) is 0 Å². The molecule has 2 aliphatic heterocycles. The Labute approximate surface area is 264 Å². The molecule has 4 nitrogen and oxygen atoms in total. The van der Waals surface area contributed by atoms with Crippen molar-refractivity contribution < 1.29 is 43.1 Å². The number of hydrogen-bond donors (Lipinski definition) is 0. The largest absolute Gasteiger partial charge is 1.00 e. The molecule has 40 heavy (non-hydrogen) atoms.